The number of rotatable bonds is 5. The number of amides is 2. The lowest BCUT2D eigenvalue weighted by atomic mass is 10.1. The lowest BCUT2D eigenvalue weighted by molar-refractivity contribution is -0.140. The van der Waals surface area contributed by atoms with Crippen molar-refractivity contribution < 1.29 is 18.7 Å². The Bertz CT molecular complexity index is 1000. The molecule has 144 valence electrons. The fraction of sp³-hybridized carbons (Fsp3) is 0.286. The van der Waals surface area contributed by atoms with Crippen molar-refractivity contribution in [3.05, 3.63) is 59.5 Å². The van der Waals surface area contributed by atoms with Crippen LogP contribution in [0.3, 0.4) is 0 Å². The molecule has 0 spiro atoms. The number of benzene rings is 2. The van der Waals surface area contributed by atoms with Crippen molar-refractivity contribution in [2.24, 2.45) is 0 Å². The molecular weight excluding hydrogens is 358 g/mol. The Balaban J connectivity index is 1.35. The maximum absolute atomic E-state index is 12.3. The van der Waals surface area contributed by atoms with Crippen LogP contribution in [-0.2, 0) is 28.8 Å². The molecule has 0 saturated carbocycles. The third kappa shape index (κ3) is 4.14. The number of hydrogen-bond acceptors (Lipinski definition) is 5. The summed E-state index contributed by atoms with van der Waals surface area (Å²) in [4.78, 5) is 27.5. The zero-order valence-corrected chi connectivity index (χ0v) is 15.5. The van der Waals surface area contributed by atoms with Gasteiger partial charge in [0.05, 0.1) is 13.0 Å². The predicted molar refractivity (Wildman–Crippen MR) is 104 cm³/mol. The minimum atomic E-state index is -0.334. The van der Waals surface area contributed by atoms with Gasteiger partial charge in [0, 0.05) is 24.7 Å². The molecule has 1 aliphatic carbocycles. The fourth-order valence-electron chi connectivity index (χ4n) is 3.45. The quantitative estimate of drug-likeness (QED) is 0.664. The molecule has 0 fully saturated rings. The standard InChI is InChI=1S/C21H21N3O4/c1-13(25)27-9-8-20-24-18-7-6-16(12-19(18)28-20)22-21(26)23-17-10-14-4-2-3-5-15(14)11-17/h2-7,12,17H,8-11H2,1H3,(H2,22,23,26). The van der Waals surface area contributed by atoms with Crippen LogP contribution >= 0.6 is 0 Å². The topological polar surface area (TPSA) is 93.5 Å². The Kier molecular flexibility index (Phi) is 4.97. The van der Waals surface area contributed by atoms with Crippen LogP contribution in [0, 0.1) is 0 Å². The average Bonchev–Trinajstić information content (AvgIpc) is 3.23. The number of nitrogens with one attached hydrogen (secondary N) is 2. The largest absolute Gasteiger partial charge is 0.465 e. The lowest BCUT2D eigenvalue weighted by Gasteiger charge is -2.13. The highest BCUT2D eigenvalue weighted by Gasteiger charge is 2.22. The molecule has 4 rings (SSSR count). The Morgan fingerprint density at radius 1 is 1.18 bits per heavy atom. The zero-order valence-electron chi connectivity index (χ0n) is 15.5. The smallest absolute Gasteiger partial charge is 0.319 e. The van der Waals surface area contributed by atoms with E-state index in [1.54, 1.807) is 18.2 Å². The molecule has 0 unspecified atom stereocenters. The summed E-state index contributed by atoms with van der Waals surface area (Å²) in [5, 5.41) is 5.87. The summed E-state index contributed by atoms with van der Waals surface area (Å²) in [5.41, 5.74) is 4.47. The molecule has 7 nitrogen and oxygen atoms in total. The first-order valence-electron chi connectivity index (χ1n) is 9.24. The highest BCUT2D eigenvalue weighted by molar-refractivity contribution is 5.91. The number of carbonyl (C=O) groups excluding carboxylic acids is 2. The summed E-state index contributed by atoms with van der Waals surface area (Å²) in [5.74, 6) is 0.153. The first-order chi connectivity index (χ1) is 13.6. The van der Waals surface area contributed by atoms with Crippen LogP contribution in [0.5, 0.6) is 0 Å². The van der Waals surface area contributed by atoms with Crippen LogP contribution in [0.15, 0.2) is 46.9 Å². The van der Waals surface area contributed by atoms with Crippen LogP contribution in [0.25, 0.3) is 11.1 Å². The van der Waals surface area contributed by atoms with E-state index in [4.69, 9.17) is 9.15 Å². The van der Waals surface area contributed by atoms with Crippen LogP contribution in [0.1, 0.15) is 23.9 Å². The van der Waals surface area contributed by atoms with E-state index in [1.165, 1.54) is 18.1 Å². The Morgan fingerprint density at radius 2 is 1.93 bits per heavy atom. The number of ether oxygens (including phenoxy) is 1. The fourth-order valence-corrected chi connectivity index (χ4v) is 3.45. The van der Waals surface area contributed by atoms with E-state index in [2.05, 4.69) is 27.8 Å². The number of oxazole rings is 1. The van der Waals surface area contributed by atoms with Crippen molar-refractivity contribution in [2.75, 3.05) is 11.9 Å². The van der Waals surface area contributed by atoms with Crippen molar-refractivity contribution in [3.63, 3.8) is 0 Å². The van der Waals surface area contributed by atoms with Crippen LogP contribution < -0.4 is 10.6 Å². The summed E-state index contributed by atoms with van der Waals surface area (Å²) < 4.78 is 10.6. The molecular formula is C21H21N3O4. The first-order valence-corrected chi connectivity index (χ1v) is 9.24. The van der Waals surface area contributed by atoms with Gasteiger partial charge in [-0.1, -0.05) is 24.3 Å². The Hall–Kier alpha value is -3.35. The first kappa shape index (κ1) is 18.0. The molecule has 28 heavy (non-hydrogen) atoms. The minimum absolute atomic E-state index is 0.0966. The van der Waals surface area contributed by atoms with Gasteiger partial charge in [-0.05, 0) is 36.1 Å². The zero-order chi connectivity index (χ0) is 19.5. The molecule has 0 saturated heterocycles. The average molecular weight is 379 g/mol. The van der Waals surface area contributed by atoms with Gasteiger partial charge in [-0.25, -0.2) is 9.78 Å². The third-order valence-electron chi connectivity index (χ3n) is 4.70. The van der Waals surface area contributed by atoms with Gasteiger partial charge in [-0.3, -0.25) is 4.79 Å². The molecule has 2 N–H and O–H groups in total. The SMILES string of the molecule is CC(=O)OCCc1nc2ccc(NC(=O)NC3Cc4ccccc4C3)cc2o1. The van der Waals surface area contributed by atoms with Crippen molar-refractivity contribution in [1.29, 1.82) is 0 Å². The molecule has 0 bridgehead atoms. The number of carbonyl (C=O) groups is 2. The second-order valence-corrected chi connectivity index (χ2v) is 6.85. The van der Waals surface area contributed by atoms with E-state index in [0.29, 0.717) is 29.1 Å². The maximum Gasteiger partial charge on any atom is 0.319 e. The van der Waals surface area contributed by atoms with Crippen LogP contribution in [-0.4, -0.2) is 29.6 Å². The van der Waals surface area contributed by atoms with Gasteiger partial charge in [0.15, 0.2) is 11.5 Å². The van der Waals surface area contributed by atoms with Gasteiger partial charge in [-0.15, -0.1) is 0 Å². The highest BCUT2D eigenvalue weighted by Crippen LogP contribution is 2.23. The summed E-state index contributed by atoms with van der Waals surface area (Å²) in [6.07, 6.45) is 2.09. The normalized spacial score (nSPS) is 13.3. The van der Waals surface area contributed by atoms with Crippen molar-refractivity contribution in [1.82, 2.24) is 10.3 Å². The van der Waals surface area contributed by atoms with E-state index in [1.807, 2.05) is 12.1 Å². The molecule has 0 aliphatic heterocycles. The number of hydrogen-bond donors (Lipinski definition) is 2. The number of nitrogens with zero attached hydrogens (tertiary/aromatic N) is 1. The summed E-state index contributed by atoms with van der Waals surface area (Å²) >= 11 is 0. The van der Waals surface area contributed by atoms with Gasteiger partial charge in [0.2, 0.25) is 0 Å². The van der Waals surface area contributed by atoms with Gasteiger partial charge in [-0.2, -0.15) is 0 Å². The van der Waals surface area contributed by atoms with E-state index >= 15 is 0 Å². The molecule has 0 atom stereocenters. The third-order valence-corrected chi connectivity index (χ3v) is 4.70. The van der Waals surface area contributed by atoms with Crippen molar-refractivity contribution >= 4 is 28.8 Å². The Labute approximate surface area is 162 Å². The molecule has 2 aromatic carbocycles. The predicted octanol–water partition coefficient (Wildman–Crippen LogP) is 3.22. The highest BCUT2D eigenvalue weighted by atomic mass is 16.5. The number of fused-ring (bicyclic) bond motifs is 2. The van der Waals surface area contributed by atoms with Gasteiger partial charge < -0.3 is 19.8 Å². The number of anilines is 1. The monoisotopic (exact) mass is 379 g/mol. The van der Waals surface area contributed by atoms with E-state index in [-0.39, 0.29) is 24.6 Å². The molecule has 1 aromatic heterocycles. The second kappa shape index (κ2) is 7.72. The summed E-state index contributed by atoms with van der Waals surface area (Å²) in [6, 6.07) is 13.4. The molecule has 1 aliphatic rings. The summed E-state index contributed by atoms with van der Waals surface area (Å²) in [7, 11) is 0. The van der Waals surface area contributed by atoms with E-state index in [9.17, 15) is 9.59 Å². The van der Waals surface area contributed by atoms with Crippen molar-refractivity contribution in [3.8, 4) is 0 Å². The minimum Gasteiger partial charge on any atom is -0.465 e. The molecule has 7 heteroatoms. The Morgan fingerprint density at radius 3 is 2.64 bits per heavy atom. The molecule has 1 heterocycles. The van der Waals surface area contributed by atoms with Gasteiger partial charge in [0.1, 0.15) is 5.52 Å². The number of esters is 1. The summed E-state index contributed by atoms with van der Waals surface area (Å²) in [6.45, 7) is 1.58. The van der Waals surface area contributed by atoms with Gasteiger partial charge >= 0.3 is 12.0 Å². The van der Waals surface area contributed by atoms with Gasteiger partial charge in [0.25, 0.3) is 0 Å². The molecule has 2 amide bonds. The van der Waals surface area contributed by atoms with Crippen LogP contribution in [0.2, 0.25) is 0 Å². The van der Waals surface area contributed by atoms with E-state index < -0.39 is 0 Å². The number of urea groups is 1. The molecule has 0 radical (unpaired) electrons. The lowest BCUT2D eigenvalue weighted by Crippen LogP contribution is -2.38. The maximum atomic E-state index is 12.3. The van der Waals surface area contributed by atoms with E-state index in [0.717, 1.165) is 12.8 Å². The number of aromatic nitrogens is 1. The van der Waals surface area contributed by atoms with Crippen LogP contribution in [0.4, 0.5) is 10.5 Å². The van der Waals surface area contributed by atoms with Crippen molar-refractivity contribution in [2.45, 2.75) is 32.2 Å². The molecule has 3 aromatic rings. The second-order valence-electron chi connectivity index (χ2n) is 6.85.